The maximum Gasteiger partial charge on any atom is 0.256 e. The molecule has 3 aliphatic rings. The highest BCUT2D eigenvalue weighted by Crippen LogP contribution is 2.39. The molecule has 5 rings (SSSR count). The number of benzene rings is 2. The van der Waals surface area contributed by atoms with Crippen molar-refractivity contribution in [2.24, 2.45) is 0 Å². The quantitative estimate of drug-likeness (QED) is 0.721. The van der Waals surface area contributed by atoms with Gasteiger partial charge >= 0.3 is 0 Å². The van der Waals surface area contributed by atoms with Gasteiger partial charge in [0.1, 0.15) is 17.6 Å². The largest absolute Gasteiger partial charge is 0.353 e. The minimum absolute atomic E-state index is 0.0603. The van der Waals surface area contributed by atoms with Gasteiger partial charge in [0.05, 0.1) is 6.61 Å². The molecule has 2 saturated heterocycles. The minimum Gasteiger partial charge on any atom is -0.353 e. The molecule has 0 aromatic heterocycles. The second kappa shape index (κ2) is 9.00. The van der Waals surface area contributed by atoms with Gasteiger partial charge in [-0.15, -0.1) is 0 Å². The van der Waals surface area contributed by atoms with Crippen LogP contribution in [0.2, 0.25) is 5.02 Å². The Labute approximate surface area is 201 Å². The fraction of sp³-hybridized carbons (Fsp3) is 0.400. The topological polar surface area (TPSA) is 79.0 Å². The Morgan fingerprint density at radius 2 is 1.71 bits per heavy atom. The Morgan fingerprint density at radius 1 is 1.00 bits per heavy atom. The number of amides is 3. The molecule has 9 heteroatoms. The lowest BCUT2D eigenvalue weighted by atomic mass is 9.96. The number of nitrogens with zero attached hydrogens (tertiary/aromatic N) is 2. The molecule has 2 aromatic carbocycles. The highest BCUT2D eigenvalue weighted by molar-refractivity contribution is 6.30. The van der Waals surface area contributed by atoms with Crippen LogP contribution in [0.15, 0.2) is 48.5 Å². The van der Waals surface area contributed by atoms with Gasteiger partial charge in [-0.3, -0.25) is 19.3 Å². The third kappa shape index (κ3) is 4.40. The van der Waals surface area contributed by atoms with E-state index in [1.165, 1.54) is 29.2 Å². The van der Waals surface area contributed by atoms with Crippen molar-refractivity contribution in [2.75, 3.05) is 19.7 Å². The lowest BCUT2D eigenvalue weighted by Crippen LogP contribution is -2.60. The Balaban J connectivity index is 1.37. The average Bonchev–Trinajstić information content (AvgIpc) is 3.58. The first-order chi connectivity index (χ1) is 16.4. The molecule has 0 bridgehead atoms. The molecule has 2 aromatic rings. The van der Waals surface area contributed by atoms with Crippen LogP contribution in [0.1, 0.15) is 46.4 Å². The van der Waals surface area contributed by atoms with E-state index < -0.39 is 23.5 Å². The van der Waals surface area contributed by atoms with Gasteiger partial charge in [0, 0.05) is 48.1 Å². The fourth-order valence-electron chi connectivity index (χ4n) is 4.69. The Bertz CT molecular complexity index is 1110. The number of hydrogen-bond donors (Lipinski definition) is 1. The molecule has 34 heavy (non-hydrogen) atoms. The number of halogens is 2. The van der Waals surface area contributed by atoms with Gasteiger partial charge in [0.25, 0.3) is 11.8 Å². The minimum atomic E-state index is -1.04. The van der Waals surface area contributed by atoms with E-state index in [4.69, 9.17) is 16.3 Å². The van der Waals surface area contributed by atoms with Crippen molar-refractivity contribution >= 4 is 29.3 Å². The molecule has 3 fully saturated rings. The number of nitrogens with one attached hydrogen (secondary N) is 1. The van der Waals surface area contributed by atoms with Crippen molar-refractivity contribution < 1.29 is 23.5 Å². The van der Waals surface area contributed by atoms with Crippen molar-refractivity contribution in [1.82, 2.24) is 15.1 Å². The number of carbonyl (C=O) groups excluding carboxylic acids is 3. The maximum atomic E-state index is 13.9. The molecular weight excluding hydrogens is 461 g/mol. The first-order valence-corrected chi connectivity index (χ1v) is 11.8. The first kappa shape index (κ1) is 22.8. The second-order valence-corrected chi connectivity index (χ2v) is 9.48. The number of carbonyl (C=O) groups is 3. The molecule has 0 unspecified atom stereocenters. The molecule has 3 amide bonds. The third-order valence-corrected chi connectivity index (χ3v) is 6.95. The van der Waals surface area contributed by atoms with Crippen LogP contribution in [-0.4, -0.2) is 65.0 Å². The summed E-state index contributed by atoms with van der Waals surface area (Å²) in [5, 5.41) is 3.51. The molecular formula is C25H25ClFN3O4. The molecule has 7 nitrogen and oxygen atoms in total. The lowest BCUT2D eigenvalue weighted by Gasteiger charge is -2.44. The van der Waals surface area contributed by atoms with Crippen molar-refractivity contribution in [2.45, 2.75) is 43.5 Å². The SMILES string of the molecule is O=C(NC1CC1)[C@H]1COC2(CCN(C(=O)c3ccc(Cl)cc3)CC2)N1C(=O)c1cccc(F)c1. The van der Waals surface area contributed by atoms with E-state index in [2.05, 4.69) is 5.32 Å². The molecule has 178 valence electrons. The van der Waals surface area contributed by atoms with Crippen LogP contribution in [-0.2, 0) is 9.53 Å². The highest BCUT2D eigenvalue weighted by atomic mass is 35.5. The van der Waals surface area contributed by atoms with Gasteiger partial charge in [-0.1, -0.05) is 17.7 Å². The number of ether oxygens (including phenoxy) is 1. The monoisotopic (exact) mass is 485 g/mol. The van der Waals surface area contributed by atoms with Crippen molar-refractivity contribution in [3.8, 4) is 0 Å². The van der Waals surface area contributed by atoms with E-state index in [-0.39, 0.29) is 30.0 Å². The Kier molecular flexibility index (Phi) is 6.04. The van der Waals surface area contributed by atoms with Crippen molar-refractivity contribution in [3.05, 3.63) is 70.5 Å². The van der Waals surface area contributed by atoms with Gasteiger partial charge < -0.3 is 15.0 Å². The summed E-state index contributed by atoms with van der Waals surface area (Å²) in [5.41, 5.74) is -0.345. The Morgan fingerprint density at radius 3 is 2.35 bits per heavy atom. The van der Waals surface area contributed by atoms with Crippen LogP contribution in [0.4, 0.5) is 4.39 Å². The second-order valence-electron chi connectivity index (χ2n) is 9.04. The van der Waals surface area contributed by atoms with E-state index in [1.54, 1.807) is 29.2 Å². The molecule has 2 aliphatic heterocycles. The van der Waals surface area contributed by atoms with E-state index in [1.807, 2.05) is 0 Å². The maximum absolute atomic E-state index is 13.9. The summed E-state index contributed by atoms with van der Waals surface area (Å²) in [4.78, 5) is 42.7. The molecule has 0 radical (unpaired) electrons. The zero-order valence-electron chi connectivity index (χ0n) is 18.5. The van der Waals surface area contributed by atoms with Crippen molar-refractivity contribution in [3.63, 3.8) is 0 Å². The molecule has 1 N–H and O–H groups in total. The van der Waals surface area contributed by atoms with Gasteiger partial charge in [-0.05, 0) is 55.3 Å². The molecule has 1 spiro atoms. The summed E-state index contributed by atoms with van der Waals surface area (Å²) in [6.45, 7) is 0.765. The van der Waals surface area contributed by atoms with Gasteiger partial charge in [-0.2, -0.15) is 0 Å². The zero-order chi connectivity index (χ0) is 23.9. The van der Waals surface area contributed by atoms with Crippen LogP contribution in [0.25, 0.3) is 0 Å². The predicted molar refractivity (Wildman–Crippen MR) is 123 cm³/mol. The zero-order valence-corrected chi connectivity index (χ0v) is 19.3. The third-order valence-electron chi connectivity index (χ3n) is 6.70. The van der Waals surface area contributed by atoms with Gasteiger partial charge in [-0.25, -0.2) is 4.39 Å². The van der Waals surface area contributed by atoms with Gasteiger partial charge in [0.2, 0.25) is 5.91 Å². The highest BCUT2D eigenvalue weighted by Gasteiger charge is 2.54. The number of piperidine rings is 1. The summed E-state index contributed by atoms with van der Waals surface area (Å²) in [7, 11) is 0. The number of likely N-dealkylation sites (tertiary alicyclic amines) is 1. The van der Waals surface area contributed by atoms with Crippen LogP contribution < -0.4 is 5.32 Å². The van der Waals surface area contributed by atoms with Crippen LogP contribution in [0, 0.1) is 5.82 Å². The summed E-state index contributed by atoms with van der Waals surface area (Å²) in [5.74, 6) is -1.37. The van der Waals surface area contributed by atoms with Crippen molar-refractivity contribution in [1.29, 1.82) is 0 Å². The lowest BCUT2D eigenvalue weighted by molar-refractivity contribution is -0.128. The summed E-state index contributed by atoms with van der Waals surface area (Å²) >= 11 is 5.93. The van der Waals surface area contributed by atoms with E-state index in [9.17, 15) is 18.8 Å². The molecule has 2 heterocycles. The fourth-order valence-corrected chi connectivity index (χ4v) is 4.81. The van der Waals surface area contributed by atoms with Crippen LogP contribution in [0.5, 0.6) is 0 Å². The van der Waals surface area contributed by atoms with Gasteiger partial charge in [0.15, 0.2) is 0 Å². The van der Waals surface area contributed by atoms with Crippen LogP contribution in [0.3, 0.4) is 0 Å². The number of hydrogen-bond acceptors (Lipinski definition) is 4. The molecule has 1 atom stereocenters. The predicted octanol–water partition coefficient (Wildman–Crippen LogP) is 3.23. The average molecular weight is 486 g/mol. The van der Waals surface area contributed by atoms with Crippen LogP contribution >= 0.6 is 11.6 Å². The Hall–Kier alpha value is -2.97. The smallest absolute Gasteiger partial charge is 0.256 e. The summed E-state index contributed by atoms with van der Waals surface area (Å²) < 4.78 is 20.0. The summed E-state index contributed by atoms with van der Waals surface area (Å²) in [6, 6.07) is 11.5. The van der Waals surface area contributed by atoms with E-state index in [0.29, 0.717) is 36.5 Å². The standard InChI is InChI=1S/C25H25ClFN3O4/c26-18-6-4-16(5-7-18)23(32)29-12-10-25(11-13-29)30(24(33)17-2-1-3-19(27)14-17)21(15-34-25)22(31)28-20-8-9-20/h1-7,14,20-21H,8-13,15H2,(H,28,31)/t21-/m1/s1. The first-order valence-electron chi connectivity index (χ1n) is 11.4. The molecule has 1 aliphatic carbocycles. The van der Waals surface area contributed by atoms with E-state index >= 15 is 0 Å². The normalized spacial score (nSPS) is 21.5. The molecule has 1 saturated carbocycles. The van der Waals surface area contributed by atoms with E-state index in [0.717, 1.165) is 12.8 Å². The summed E-state index contributed by atoms with van der Waals surface area (Å²) in [6.07, 6.45) is 2.54. The number of rotatable bonds is 4.